The van der Waals surface area contributed by atoms with E-state index in [1.165, 1.54) is 32.5 Å². The van der Waals surface area contributed by atoms with Gasteiger partial charge in [-0.3, -0.25) is 0 Å². The minimum absolute atomic E-state index is 0.115. The van der Waals surface area contributed by atoms with Gasteiger partial charge in [-0.15, -0.1) is 0 Å². The first-order valence-electron chi connectivity index (χ1n) is 6.28. The third-order valence-electron chi connectivity index (χ3n) is 3.42. The molecule has 1 rings (SSSR count). The molecule has 0 aromatic heterocycles. The highest BCUT2D eigenvalue weighted by Crippen LogP contribution is 2.15. The maximum Gasteiger partial charge on any atom is 0.169 e. The van der Waals surface area contributed by atoms with Crippen LogP contribution in [0.15, 0.2) is 0 Å². The van der Waals surface area contributed by atoms with Gasteiger partial charge in [-0.2, -0.15) is 0 Å². The molecule has 0 spiro atoms. The van der Waals surface area contributed by atoms with E-state index in [0.29, 0.717) is 0 Å². The molecule has 96 valence electrons. The molecule has 1 heterocycles. The number of ether oxygens (including phenoxy) is 2. The van der Waals surface area contributed by atoms with Crippen molar-refractivity contribution in [1.82, 2.24) is 10.2 Å². The van der Waals surface area contributed by atoms with Crippen LogP contribution in [0.4, 0.5) is 0 Å². The van der Waals surface area contributed by atoms with Crippen molar-refractivity contribution in [1.29, 1.82) is 0 Å². The van der Waals surface area contributed by atoms with Gasteiger partial charge >= 0.3 is 0 Å². The largest absolute Gasteiger partial charge is 0.355 e. The van der Waals surface area contributed by atoms with E-state index in [-0.39, 0.29) is 6.29 Å². The Labute approximate surface area is 99.3 Å². The van der Waals surface area contributed by atoms with Crippen LogP contribution in [0.2, 0.25) is 0 Å². The molecule has 0 unspecified atom stereocenters. The molecular formula is C12H26N2O2. The summed E-state index contributed by atoms with van der Waals surface area (Å²) in [4.78, 5) is 2.52. The van der Waals surface area contributed by atoms with Gasteiger partial charge in [0.05, 0.1) is 0 Å². The van der Waals surface area contributed by atoms with Crippen molar-refractivity contribution in [3.63, 3.8) is 0 Å². The molecule has 0 aromatic rings. The Morgan fingerprint density at radius 1 is 1.25 bits per heavy atom. The number of nitrogens with one attached hydrogen (secondary N) is 1. The van der Waals surface area contributed by atoms with Crippen LogP contribution in [0.3, 0.4) is 0 Å². The summed E-state index contributed by atoms with van der Waals surface area (Å²) in [6, 6.07) is 0. The molecule has 0 saturated carbocycles. The van der Waals surface area contributed by atoms with Gasteiger partial charge in [-0.1, -0.05) is 6.92 Å². The predicted octanol–water partition coefficient (Wildman–Crippen LogP) is 0.927. The molecular weight excluding hydrogens is 204 g/mol. The fourth-order valence-corrected chi connectivity index (χ4v) is 2.17. The first-order chi connectivity index (χ1) is 7.80. The molecule has 1 aliphatic rings. The fraction of sp³-hybridized carbons (Fsp3) is 1.00. The second-order valence-electron chi connectivity index (χ2n) is 4.44. The predicted molar refractivity (Wildman–Crippen MR) is 65.5 cm³/mol. The quantitative estimate of drug-likeness (QED) is 0.660. The van der Waals surface area contributed by atoms with Crippen molar-refractivity contribution < 1.29 is 9.47 Å². The van der Waals surface area contributed by atoms with Crippen molar-refractivity contribution in [3.05, 3.63) is 0 Å². The number of piperidine rings is 1. The van der Waals surface area contributed by atoms with Gasteiger partial charge in [0.15, 0.2) is 6.29 Å². The van der Waals surface area contributed by atoms with E-state index in [4.69, 9.17) is 9.47 Å². The average Bonchev–Trinajstić information content (AvgIpc) is 2.35. The maximum absolute atomic E-state index is 5.13. The highest BCUT2D eigenvalue weighted by molar-refractivity contribution is 4.73. The Morgan fingerprint density at radius 3 is 2.38 bits per heavy atom. The normalized spacial score (nSPS) is 19.5. The summed E-state index contributed by atoms with van der Waals surface area (Å²) in [6.07, 6.45) is 2.51. The van der Waals surface area contributed by atoms with Crippen LogP contribution in [0.25, 0.3) is 0 Å². The molecule has 1 N–H and O–H groups in total. The highest BCUT2D eigenvalue weighted by Gasteiger charge is 2.17. The van der Waals surface area contributed by atoms with Crippen LogP contribution in [-0.2, 0) is 9.47 Å². The minimum atomic E-state index is -0.115. The first-order valence-corrected chi connectivity index (χ1v) is 6.28. The zero-order chi connectivity index (χ0) is 11.8. The smallest absolute Gasteiger partial charge is 0.169 e. The lowest BCUT2D eigenvalue weighted by molar-refractivity contribution is -0.0991. The molecule has 4 heteroatoms. The molecule has 1 fully saturated rings. The zero-order valence-electron chi connectivity index (χ0n) is 10.9. The van der Waals surface area contributed by atoms with Crippen LogP contribution >= 0.6 is 0 Å². The molecule has 1 saturated heterocycles. The summed E-state index contributed by atoms with van der Waals surface area (Å²) in [7, 11) is 3.35. The molecule has 0 atom stereocenters. The number of likely N-dealkylation sites (tertiary alicyclic amines) is 1. The molecule has 16 heavy (non-hydrogen) atoms. The summed E-state index contributed by atoms with van der Waals surface area (Å²) in [6.45, 7) is 7.79. The van der Waals surface area contributed by atoms with Crippen molar-refractivity contribution in [2.75, 3.05) is 46.9 Å². The Morgan fingerprint density at radius 2 is 1.88 bits per heavy atom. The van der Waals surface area contributed by atoms with Gasteiger partial charge in [0.25, 0.3) is 0 Å². The highest BCUT2D eigenvalue weighted by atomic mass is 16.7. The molecule has 0 radical (unpaired) electrons. The van der Waals surface area contributed by atoms with E-state index < -0.39 is 0 Å². The van der Waals surface area contributed by atoms with Crippen molar-refractivity contribution in [2.45, 2.75) is 26.1 Å². The third kappa shape index (κ3) is 4.78. The Bertz CT molecular complexity index is 166. The average molecular weight is 230 g/mol. The van der Waals surface area contributed by atoms with Crippen molar-refractivity contribution >= 4 is 0 Å². The summed E-state index contributed by atoms with van der Waals surface area (Å²) < 4.78 is 10.3. The monoisotopic (exact) mass is 230 g/mol. The SMILES string of the molecule is CCN1CCC(CNCC(OC)OC)CC1. The zero-order valence-corrected chi connectivity index (χ0v) is 10.9. The van der Waals surface area contributed by atoms with Crippen LogP contribution in [0, 0.1) is 5.92 Å². The third-order valence-corrected chi connectivity index (χ3v) is 3.42. The molecule has 0 aromatic carbocycles. The van der Waals surface area contributed by atoms with E-state index >= 15 is 0 Å². The number of methoxy groups -OCH3 is 2. The maximum atomic E-state index is 5.13. The van der Waals surface area contributed by atoms with E-state index in [1.807, 2.05) is 0 Å². The number of nitrogens with zero attached hydrogens (tertiary/aromatic N) is 1. The van der Waals surface area contributed by atoms with Gasteiger partial charge in [0.1, 0.15) is 0 Å². The van der Waals surface area contributed by atoms with E-state index in [0.717, 1.165) is 19.0 Å². The van der Waals surface area contributed by atoms with Gasteiger partial charge in [0.2, 0.25) is 0 Å². The van der Waals surface area contributed by atoms with Crippen LogP contribution < -0.4 is 5.32 Å². The molecule has 0 aliphatic carbocycles. The molecule has 0 amide bonds. The second kappa shape index (κ2) is 8.01. The minimum Gasteiger partial charge on any atom is -0.355 e. The van der Waals surface area contributed by atoms with Crippen LogP contribution in [0.5, 0.6) is 0 Å². The summed E-state index contributed by atoms with van der Waals surface area (Å²) in [5.74, 6) is 0.817. The summed E-state index contributed by atoms with van der Waals surface area (Å²) in [5.41, 5.74) is 0. The van der Waals surface area contributed by atoms with E-state index in [2.05, 4.69) is 17.1 Å². The van der Waals surface area contributed by atoms with Gasteiger partial charge in [0, 0.05) is 20.8 Å². The van der Waals surface area contributed by atoms with Crippen molar-refractivity contribution in [2.24, 2.45) is 5.92 Å². The van der Waals surface area contributed by atoms with Crippen molar-refractivity contribution in [3.8, 4) is 0 Å². The summed E-state index contributed by atoms with van der Waals surface area (Å²) in [5, 5.41) is 3.42. The lowest BCUT2D eigenvalue weighted by atomic mass is 9.97. The lowest BCUT2D eigenvalue weighted by Crippen LogP contribution is -2.39. The topological polar surface area (TPSA) is 33.7 Å². The second-order valence-corrected chi connectivity index (χ2v) is 4.44. The van der Waals surface area contributed by atoms with Crippen LogP contribution in [-0.4, -0.2) is 58.1 Å². The van der Waals surface area contributed by atoms with Gasteiger partial charge in [-0.05, 0) is 44.9 Å². The number of rotatable bonds is 7. The Balaban J connectivity index is 2.06. The number of hydrogen-bond acceptors (Lipinski definition) is 4. The summed E-state index contributed by atoms with van der Waals surface area (Å²) >= 11 is 0. The number of hydrogen-bond donors (Lipinski definition) is 1. The standard InChI is InChI=1S/C12H26N2O2/c1-4-14-7-5-11(6-8-14)9-13-10-12(15-2)16-3/h11-13H,4-10H2,1-3H3. The Kier molecular flexibility index (Phi) is 6.96. The first kappa shape index (κ1) is 13.9. The molecule has 1 aliphatic heterocycles. The van der Waals surface area contributed by atoms with Crippen LogP contribution in [0.1, 0.15) is 19.8 Å². The molecule has 0 bridgehead atoms. The lowest BCUT2D eigenvalue weighted by Gasteiger charge is -2.31. The van der Waals surface area contributed by atoms with E-state index in [9.17, 15) is 0 Å². The molecule has 4 nitrogen and oxygen atoms in total. The Hall–Kier alpha value is -0.160. The van der Waals surface area contributed by atoms with Gasteiger partial charge < -0.3 is 19.7 Å². The van der Waals surface area contributed by atoms with Gasteiger partial charge in [-0.25, -0.2) is 0 Å². The van der Waals surface area contributed by atoms with E-state index in [1.54, 1.807) is 14.2 Å². The fourth-order valence-electron chi connectivity index (χ4n) is 2.17.